The van der Waals surface area contributed by atoms with Gasteiger partial charge in [-0.25, -0.2) is 4.98 Å². The summed E-state index contributed by atoms with van der Waals surface area (Å²) in [4.78, 5) is 21.8. The quantitative estimate of drug-likeness (QED) is 0.782. The van der Waals surface area contributed by atoms with Crippen molar-refractivity contribution in [2.75, 3.05) is 19.7 Å². The summed E-state index contributed by atoms with van der Waals surface area (Å²) in [5.41, 5.74) is 4.12. The highest BCUT2D eigenvalue weighted by Gasteiger charge is 2.40. The maximum absolute atomic E-state index is 12.9. The van der Waals surface area contributed by atoms with Crippen molar-refractivity contribution in [3.8, 4) is 5.75 Å². The van der Waals surface area contributed by atoms with Crippen molar-refractivity contribution in [2.24, 2.45) is 5.92 Å². The molecule has 0 spiro atoms. The van der Waals surface area contributed by atoms with Crippen LogP contribution in [0.5, 0.6) is 5.75 Å². The van der Waals surface area contributed by atoms with Gasteiger partial charge in [0.05, 0.1) is 30.3 Å². The van der Waals surface area contributed by atoms with Crippen molar-refractivity contribution in [3.63, 3.8) is 0 Å². The van der Waals surface area contributed by atoms with E-state index in [1.54, 1.807) is 11.3 Å². The van der Waals surface area contributed by atoms with Crippen molar-refractivity contribution in [2.45, 2.75) is 38.9 Å². The molecule has 138 valence electrons. The van der Waals surface area contributed by atoms with Gasteiger partial charge in [-0.15, -0.1) is 11.3 Å². The van der Waals surface area contributed by atoms with E-state index in [4.69, 9.17) is 4.74 Å². The molecule has 3 fully saturated rings. The van der Waals surface area contributed by atoms with E-state index in [1.165, 1.54) is 5.56 Å². The maximum Gasteiger partial charge on any atom is 0.227 e. The number of fused-ring (bicyclic) bond motifs is 4. The SMILES string of the molecule is CCOc1ccc(CN2C[C@H]3CC[C@@H](C2)N(Cc2cscn2)C3=O)cc1. The third-order valence-electron chi connectivity index (χ3n) is 5.33. The predicted molar refractivity (Wildman–Crippen MR) is 102 cm³/mol. The maximum atomic E-state index is 12.9. The van der Waals surface area contributed by atoms with Crippen LogP contribution in [0.2, 0.25) is 0 Å². The Balaban J connectivity index is 1.44. The molecular weight excluding hydrogens is 346 g/mol. The van der Waals surface area contributed by atoms with Crippen LogP contribution in [0.1, 0.15) is 31.0 Å². The zero-order valence-electron chi connectivity index (χ0n) is 15.1. The second-order valence-corrected chi connectivity index (χ2v) is 7.86. The Kier molecular flexibility index (Phi) is 5.22. The van der Waals surface area contributed by atoms with Gasteiger partial charge in [0.2, 0.25) is 5.91 Å². The number of piperidine rings is 1. The van der Waals surface area contributed by atoms with E-state index in [9.17, 15) is 4.79 Å². The number of thiazole rings is 1. The Hall–Kier alpha value is -1.92. The van der Waals surface area contributed by atoms with Crippen molar-refractivity contribution in [1.82, 2.24) is 14.8 Å². The molecule has 6 heteroatoms. The second-order valence-electron chi connectivity index (χ2n) is 7.15. The molecule has 0 N–H and O–H groups in total. The number of benzene rings is 1. The van der Waals surface area contributed by atoms with Crippen LogP contribution in [0, 0.1) is 5.92 Å². The lowest BCUT2D eigenvalue weighted by Crippen LogP contribution is -2.47. The Morgan fingerprint density at radius 1 is 1.19 bits per heavy atom. The van der Waals surface area contributed by atoms with Gasteiger partial charge < -0.3 is 9.64 Å². The van der Waals surface area contributed by atoms with Gasteiger partial charge in [-0.1, -0.05) is 12.1 Å². The molecule has 0 unspecified atom stereocenters. The second kappa shape index (κ2) is 7.76. The van der Waals surface area contributed by atoms with E-state index >= 15 is 0 Å². The number of nitrogens with zero attached hydrogens (tertiary/aromatic N) is 3. The Morgan fingerprint density at radius 2 is 2.04 bits per heavy atom. The molecule has 5 nitrogen and oxygen atoms in total. The number of ether oxygens (including phenoxy) is 1. The molecule has 5 rings (SSSR count). The molecule has 1 amide bonds. The fourth-order valence-corrected chi connectivity index (χ4v) is 4.62. The van der Waals surface area contributed by atoms with Crippen LogP contribution in [0.15, 0.2) is 35.2 Å². The molecule has 0 saturated carbocycles. The molecule has 26 heavy (non-hydrogen) atoms. The van der Waals surface area contributed by atoms with E-state index in [1.807, 2.05) is 29.9 Å². The first-order chi connectivity index (χ1) is 12.7. The first kappa shape index (κ1) is 17.5. The normalized spacial score (nSPS) is 23.3. The molecule has 2 atom stereocenters. The summed E-state index contributed by atoms with van der Waals surface area (Å²) < 4.78 is 5.52. The number of rotatable bonds is 6. The highest BCUT2D eigenvalue weighted by Crippen LogP contribution is 2.31. The Morgan fingerprint density at radius 3 is 2.77 bits per heavy atom. The van der Waals surface area contributed by atoms with Crippen LogP contribution in [0.4, 0.5) is 0 Å². The fraction of sp³-hybridized carbons (Fsp3) is 0.500. The lowest BCUT2D eigenvalue weighted by atomic mass is 9.94. The van der Waals surface area contributed by atoms with E-state index < -0.39 is 0 Å². The molecule has 3 aliphatic rings. The van der Waals surface area contributed by atoms with E-state index in [0.29, 0.717) is 25.1 Å². The monoisotopic (exact) mass is 371 g/mol. The van der Waals surface area contributed by atoms with Crippen LogP contribution in [0.3, 0.4) is 0 Å². The number of aromatic nitrogens is 1. The Labute approximate surface area is 158 Å². The number of carbonyl (C=O) groups is 1. The summed E-state index contributed by atoms with van der Waals surface area (Å²) in [5, 5.41) is 2.05. The van der Waals surface area contributed by atoms with Gasteiger partial charge in [-0.05, 0) is 37.5 Å². The van der Waals surface area contributed by atoms with Crippen molar-refractivity contribution >= 4 is 17.2 Å². The predicted octanol–water partition coefficient (Wildman–Crippen LogP) is 3.16. The van der Waals surface area contributed by atoms with Gasteiger partial charge in [0, 0.05) is 31.1 Å². The fourth-order valence-electron chi connectivity index (χ4n) is 4.07. The lowest BCUT2D eigenvalue weighted by molar-refractivity contribution is -0.140. The summed E-state index contributed by atoms with van der Waals surface area (Å²) in [5.74, 6) is 1.34. The largest absolute Gasteiger partial charge is 0.494 e. The molecule has 0 aliphatic carbocycles. The molecular formula is C20H25N3O2S. The molecule has 1 aromatic carbocycles. The highest BCUT2D eigenvalue weighted by molar-refractivity contribution is 7.07. The molecule has 3 saturated heterocycles. The highest BCUT2D eigenvalue weighted by atomic mass is 32.1. The van der Waals surface area contributed by atoms with Crippen LogP contribution in [-0.4, -0.2) is 46.4 Å². The zero-order valence-corrected chi connectivity index (χ0v) is 16.0. The number of amides is 1. The molecule has 4 heterocycles. The zero-order chi connectivity index (χ0) is 17.9. The summed E-state index contributed by atoms with van der Waals surface area (Å²) in [6, 6.07) is 8.63. The van der Waals surface area contributed by atoms with Gasteiger partial charge in [0.15, 0.2) is 0 Å². The Bertz CT molecular complexity index is 732. The minimum atomic E-state index is 0.120. The lowest BCUT2D eigenvalue weighted by Gasteiger charge is -2.35. The van der Waals surface area contributed by atoms with E-state index in [-0.39, 0.29) is 5.92 Å². The third-order valence-corrected chi connectivity index (χ3v) is 5.96. The van der Waals surface area contributed by atoms with Crippen LogP contribution >= 0.6 is 11.3 Å². The van der Waals surface area contributed by atoms with Crippen molar-refractivity contribution < 1.29 is 9.53 Å². The van der Waals surface area contributed by atoms with E-state index in [2.05, 4.69) is 26.9 Å². The molecule has 2 bridgehead atoms. The van der Waals surface area contributed by atoms with Crippen molar-refractivity contribution in [1.29, 1.82) is 0 Å². The van der Waals surface area contributed by atoms with E-state index in [0.717, 1.165) is 43.9 Å². The minimum Gasteiger partial charge on any atom is -0.494 e. The van der Waals surface area contributed by atoms with Gasteiger partial charge in [-0.2, -0.15) is 0 Å². The minimum absolute atomic E-state index is 0.120. The number of hydrogen-bond donors (Lipinski definition) is 0. The summed E-state index contributed by atoms with van der Waals surface area (Å²) >= 11 is 1.59. The molecule has 1 aromatic heterocycles. The average Bonchev–Trinajstić information content (AvgIpc) is 3.03. The summed E-state index contributed by atoms with van der Waals surface area (Å²) in [7, 11) is 0. The van der Waals surface area contributed by atoms with Crippen LogP contribution in [-0.2, 0) is 17.9 Å². The van der Waals surface area contributed by atoms with Crippen molar-refractivity contribution in [3.05, 3.63) is 46.4 Å². The molecule has 0 radical (unpaired) electrons. The first-order valence-corrected chi connectivity index (χ1v) is 10.3. The number of carbonyl (C=O) groups excluding carboxylic acids is 1. The van der Waals surface area contributed by atoms with Gasteiger partial charge in [0.1, 0.15) is 5.75 Å². The van der Waals surface area contributed by atoms with Gasteiger partial charge in [-0.3, -0.25) is 9.69 Å². The van der Waals surface area contributed by atoms with Crippen LogP contribution < -0.4 is 4.74 Å². The average molecular weight is 372 g/mol. The number of hydrogen-bond acceptors (Lipinski definition) is 5. The first-order valence-electron chi connectivity index (χ1n) is 9.34. The summed E-state index contributed by atoms with van der Waals surface area (Å²) in [6.07, 6.45) is 2.11. The third kappa shape index (κ3) is 3.76. The topological polar surface area (TPSA) is 45.7 Å². The standard InChI is InChI=1S/C20H25N3O2S/c1-2-25-19-7-3-15(4-8-19)9-22-10-16-5-6-18(12-22)23(20(16)24)11-17-13-26-14-21-17/h3-4,7-8,13-14,16,18H,2,5-6,9-12H2,1H3/t16-,18+/m1/s1. The smallest absolute Gasteiger partial charge is 0.227 e. The molecule has 3 aliphatic heterocycles. The van der Waals surface area contributed by atoms with Gasteiger partial charge in [0.25, 0.3) is 0 Å². The van der Waals surface area contributed by atoms with Gasteiger partial charge >= 0.3 is 0 Å². The molecule has 2 aromatic rings. The van der Waals surface area contributed by atoms with Crippen LogP contribution in [0.25, 0.3) is 0 Å². The summed E-state index contributed by atoms with van der Waals surface area (Å²) in [6.45, 7) is 6.02.